The average Bonchev–Trinajstić information content (AvgIpc) is 2.08. The van der Waals surface area contributed by atoms with Crippen molar-refractivity contribution in [3.63, 3.8) is 0 Å². The van der Waals surface area contributed by atoms with E-state index in [2.05, 4.69) is 26.1 Å². The van der Waals surface area contributed by atoms with Crippen molar-refractivity contribution < 1.29 is 9.84 Å². The molecule has 2 N–H and O–H groups in total. The highest BCUT2D eigenvalue weighted by molar-refractivity contribution is 4.84. The van der Waals surface area contributed by atoms with E-state index in [1.54, 1.807) is 0 Å². The summed E-state index contributed by atoms with van der Waals surface area (Å²) in [5.41, 5.74) is -0.197. The highest BCUT2D eigenvalue weighted by Crippen LogP contribution is 2.22. The number of aliphatic hydroxyl groups excluding tert-OH is 1. The maximum atomic E-state index is 9.35. The Labute approximate surface area is 93.2 Å². The van der Waals surface area contributed by atoms with Crippen molar-refractivity contribution in [3.05, 3.63) is 0 Å². The van der Waals surface area contributed by atoms with Crippen molar-refractivity contribution in [2.75, 3.05) is 13.2 Å². The van der Waals surface area contributed by atoms with Crippen LogP contribution in [0.1, 0.15) is 46.5 Å². The average molecular weight is 215 g/mol. The zero-order valence-electron chi connectivity index (χ0n) is 10.3. The Balaban J connectivity index is 2.18. The van der Waals surface area contributed by atoms with E-state index in [-0.39, 0.29) is 12.1 Å². The van der Waals surface area contributed by atoms with Gasteiger partial charge in [-0.25, -0.2) is 0 Å². The van der Waals surface area contributed by atoms with E-state index >= 15 is 0 Å². The van der Waals surface area contributed by atoms with Gasteiger partial charge in [-0.05, 0) is 32.6 Å². The number of hydrogen-bond donors (Lipinski definition) is 2. The maximum Gasteiger partial charge on any atom is 0.0611 e. The Morgan fingerprint density at radius 3 is 2.53 bits per heavy atom. The second-order valence-corrected chi connectivity index (χ2v) is 5.19. The topological polar surface area (TPSA) is 41.5 Å². The first-order valence-electron chi connectivity index (χ1n) is 6.06. The molecule has 0 aromatic heterocycles. The molecule has 3 nitrogen and oxygen atoms in total. The van der Waals surface area contributed by atoms with Crippen molar-refractivity contribution in [1.29, 1.82) is 0 Å². The second kappa shape index (κ2) is 5.83. The maximum absolute atomic E-state index is 9.35. The van der Waals surface area contributed by atoms with Crippen LogP contribution in [-0.4, -0.2) is 36.0 Å². The lowest BCUT2D eigenvalue weighted by Crippen LogP contribution is -2.50. The summed E-state index contributed by atoms with van der Waals surface area (Å²) >= 11 is 0. The van der Waals surface area contributed by atoms with Gasteiger partial charge in [-0.1, -0.05) is 13.8 Å². The molecular formula is C12H25NO2. The predicted molar refractivity (Wildman–Crippen MR) is 62.0 cm³/mol. The second-order valence-electron chi connectivity index (χ2n) is 5.19. The van der Waals surface area contributed by atoms with E-state index < -0.39 is 0 Å². The first kappa shape index (κ1) is 12.9. The van der Waals surface area contributed by atoms with Crippen molar-refractivity contribution in [3.8, 4) is 0 Å². The van der Waals surface area contributed by atoms with Gasteiger partial charge in [-0.2, -0.15) is 0 Å². The van der Waals surface area contributed by atoms with Crippen LogP contribution in [0.5, 0.6) is 0 Å². The molecule has 3 heteroatoms. The van der Waals surface area contributed by atoms with Crippen molar-refractivity contribution in [1.82, 2.24) is 5.32 Å². The van der Waals surface area contributed by atoms with E-state index in [4.69, 9.17) is 4.74 Å². The smallest absolute Gasteiger partial charge is 0.0611 e. The van der Waals surface area contributed by atoms with Gasteiger partial charge in [0.1, 0.15) is 0 Å². The van der Waals surface area contributed by atoms with E-state index in [1.807, 2.05) is 0 Å². The summed E-state index contributed by atoms with van der Waals surface area (Å²) in [7, 11) is 0. The van der Waals surface area contributed by atoms with Crippen LogP contribution in [0, 0.1) is 0 Å². The third-order valence-electron chi connectivity index (χ3n) is 3.05. The molecule has 1 unspecified atom stereocenters. The molecule has 90 valence electrons. The summed E-state index contributed by atoms with van der Waals surface area (Å²) in [5.74, 6) is 0. The molecule has 15 heavy (non-hydrogen) atoms. The molecule has 1 fully saturated rings. The molecule has 0 aromatic rings. The van der Waals surface area contributed by atoms with Crippen LogP contribution >= 0.6 is 0 Å². The normalized spacial score (nSPS) is 21.4. The van der Waals surface area contributed by atoms with E-state index in [9.17, 15) is 5.11 Å². The van der Waals surface area contributed by atoms with Gasteiger partial charge in [-0.3, -0.25) is 0 Å². The fraction of sp³-hybridized carbons (Fsp3) is 1.00. The van der Waals surface area contributed by atoms with Crippen LogP contribution in [0.2, 0.25) is 0 Å². The summed E-state index contributed by atoms with van der Waals surface area (Å²) in [5, 5.41) is 12.7. The van der Waals surface area contributed by atoms with Crippen LogP contribution in [0.3, 0.4) is 0 Å². The molecule has 0 aromatic carbocycles. The lowest BCUT2D eigenvalue weighted by atomic mass is 9.95. The lowest BCUT2D eigenvalue weighted by molar-refractivity contribution is -0.0118. The van der Waals surface area contributed by atoms with Gasteiger partial charge < -0.3 is 15.2 Å². The Morgan fingerprint density at radius 2 is 2.13 bits per heavy atom. The van der Waals surface area contributed by atoms with Gasteiger partial charge in [0.15, 0.2) is 0 Å². The molecule has 1 atom stereocenters. The Kier molecular flexibility index (Phi) is 5.03. The number of rotatable bonds is 7. The third-order valence-corrected chi connectivity index (χ3v) is 3.05. The minimum absolute atomic E-state index is 0.166. The minimum Gasteiger partial charge on any atom is -0.394 e. The Bertz CT molecular complexity index is 180. The molecular weight excluding hydrogens is 190 g/mol. The highest BCUT2D eigenvalue weighted by atomic mass is 16.5. The third kappa shape index (κ3) is 4.49. The van der Waals surface area contributed by atoms with Gasteiger partial charge in [0.25, 0.3) is 0 Å². The van der Waals surface area contributed by atoms with Crippen LogP contribution < -0.4 is 5.32 Å². The molecule has 0 heterocycles. The monoisotopic (exact) mass is 215 g/mol. The number of aliphatic hydroxyl groups is 1. The molecule has 0 aliphatic heterocycles. The van der Waals surface area contributed by atoms with Gasteiger partial charge in [0.05, 0.1) is 12.7 Å². The first-order chi connectivity index (χ1) is 7.06. The van der Waals surface area contributed by atoms with E-state index in [0.29, 0.717) is 12.1 Å². The summed E-state index contributed by atoms with van der Waals surface area (Å²) < 4.78 is 5.71. The van der Waals surface area contributed by atoms with Gasteiger partial charge in [-0.15, -0.1) is 0 Å². The minimum atomic E-state index is -0.197. The molecule has 1 rings (SSSR count). The van der Waals surface area contributed by atoms with E-state index in [1.165, 1.54) is 19.3 Å². The highest BCUT2D eigenvalue weighted by Gasteiger charge is 2.25. The first-order valence-corrected chi connectivity index (χ1v) is 6.06. The van der Waals surface area contributed by atoms with Crippen LogP contribution in [0.4, 0.5) is 0 Å². The fourth-order valence-electron chi connectivity index (χ4n) is 1.88. The van der Waals surface area contributed by atoms with Crippen molar-refractivity contribution in [2.45, 2.75) is 64.1 Å². The molecule has 0 radical (unpaired) electrons. The summed E-state index contributed by atoms with van der Waals surface area (Å²) in [6.45, 7) is 7.17. The molecule has 1 aliphatic rings. The zero-order chi connectivity index (χ0) is 11.3. The molecule has 1 aliphatic carbocycles. The van der Waals surface area contributed by atoms with Crippen LogP contribution in [0.15, 0.2) is 0 Å². The Hall–Kier alpha value is -0.120. The largest absolute Gasteiger partial charge is 0.394 e. The number of nitrogens with one attached hydrogen (secondary N) is 1. The van der Waals surface area contributed by atoms with Crippen LogP contribution in [-0.2, 0) is 4.74 Å². The van der Waals surface area contributed by atoms with Gasteiger partial charge in [0.2, 0.25) is 0 Å². The summed E-state index contributed by atoms with van der Waals surface area (Å²) in [6, 6.07) is 0.394. The molecule has 1 saturated carbocycles. The molecule has 0 bridgehead atoms. The standard InChI is InChI=1S/C12H25NO2/c1-10(2)13-12(3,9-14)7-8-15-11-5-4-6-11/h10-11,13-14H,4-9H2,1-3H3. The quantitative estimate of drug-likeness (QED) is 0.679. The van der Waals surface area contributed by atoms with Gasteiger partial charge in [0, 0.05) is 18.2 Å². The lowest BCUT2D eigenvalue weighted by Gasteiger charge is -2.33. The van der Waals surface area contributed by atoms with Gasteiger partial charge >= 0.3 is 0 Å². The van der Waals surface area contributed by atoms with Crippen molar-refractivity contribution in [2.24, 2.45) is 0 Å². The molecule has 0 amide bonds. The fourth-order valence-corrected chi connectivity index (χ4v) is 1.88. The summed E-state index contributed by atoms with van der Waals surface area (Å²) in [6.07, 6.45) is 5.11. The zero-order valence-corrected chi connectivity index (χ0v) is 10.3. The number of hydrogen-bond acceptors (Lipinski definition) is 3. The van der Waals surface area contributed by atoms with E-state index in [0.717, 1.165) is 13.0 Å². The van der Waals surface area contributed by atoms with Crippen molar-refractivity contribution >= 4 is 0 Å². The molecule has 0 saturated heterocycles. The van der Waals surface area contributed by atoms with Crippen LogP contribution in [0.25, 0.3) is 0 Å². The summed E-state index contributed by atoms with van der Waals surface area (Å²) in [4.78, 5) is 0. The molecule has 0 spiro atoms. The predicted octanol–water partition coefficient (Wildman–Crippen LogP) is 1.69. The number of ether oxygens (including phenoxy) is 1. The Morgan fingerprint density at radius 1 is 1.47 bits per heavy atom. The SMILES string of the molecule is CC(C)NC(C)(CO)CCOC1CCC1.